The van der Waals surface area contributed by atoms with Crippen LogP contribution in [-0.4, -0.2) is 96.7 Å². The van der Waals surface area contributed by atoms with Crippen molar-refractivity contribution in [2.45, 2.75) is 438 Å². The summed E-state index contributed by atoms with van der Waals surface area (Å²) in [5.74, 6) is -1.30. The number of hydrogen-bond acceptors (Lipinski definition) is 15. The Balaban J connectivity index is 5.18. The first kappa shape index (κ1) is 96.1. The van der Waals surface area contributed by atoms with Crippen LogP contribution in [-0.2, 0) is 65.4 Å². The molecule has 5 atom stereocenters. The molecule has 0 aliphatic rings. The van der Waals surface area contributed by atoms with E-state index in [1.165, 1.54) is 231 Å². The van der Waals surface area contributed by atoms with Crippen LogP contribution in [0.1, 0.15) is 420 Å². The average molecular weight is 1440 g/mol. The van der Waals surface area contributed by atoms with Crippen LogP contribution in [0.4, 0.5) is 0 Å². The van der Waals surface area contributed by atoms with Crippen molar-refractivity contribution in [3.63, 3.8) is 0 Å². The molecule has 582 valence electrons. The van der Waals surface area contributed by atoms with E-state index < -0.39 is 97.5 Å². The Bertz CT molecular complexity index is 1870. The van der Waals surface area contributed by atoms with Gasteiger partial charge in [-0.25, -0.2) is 9.13 Å². The Kier molecular flexibility index (Phi) is 70.6. The minimum absolute atomic E-state index is 0.108. The van der Waals surface area contributed by atoms with E-state index in [0.29, 0.717) is 25.7 Å². The molecule has 0 saturated carbocycles. The van der Waals surface area contributed by atoms with Gasteiger partial charge in [-0.15, -0.1) is 0 Å². The number of aliphatic hydroxyl groups is 1. The fourth-order valence-electron chi connectivity index (χ4n) is 12.2. The van der Waals surface area contributed by atoms with Gasteiger partial charge in [0, 0.05) is 25.7 Å². The molecule has 0 aromatic carbocycles. The van der Waals surface area contributed by atoms with Crippen molar-refractivity contribution in [3.8, 4) is 0 Å². The fourth-order valence-corrected chi connectivity index (χ4v) is 13.8. The van der Waals surface area contributed by atoms with E-state index in [9.17, 15) is 43.2 Å². The summed E-state index contributed by atoms with van der Waals surface area (Å²) in [5.41, 5.74) is 0. The zero-order chi connectivity index (χ0) is 71.9. The highest BCUT2D eigenvalue weighted by Gasteiger charge is 2.30. The summed E-state index contributed by atoms with van der Waals surface area (Å²) in [6.45, 7) is 7.31. The summed E-state index contributed by atoms with van der Waals surface area (Å²) in [5, 5.41) is 10.6. The topological polar surface area (TPSA) is 237 Å². The summed E-state index contributed by atoms with van der Waals surface area (Å²) in [6.07, 6.45) is 62.6. The SMILES string of the molecule is CCCCCCCCCCCCCCCCCCCCC(=O)OC[C@H](COP(=O)(O)OC[C@@H](O)COP(=O)(O)OC[C@@H](COC(=O)CCCCCCCCC)OC(=O)CCCCCCCCCCCCCCCC)OC(=O)CCCCCCCCCCCCCCCCCCC(C)C. The maximum Gasteiger partial charge on any atom is 0.472 e. The van der Waals surface area contributed by atoms with Crippen LogP contribution in [0, 0.1) is 5.92 Å². The normalized spacial score (nSPS) is 13.9. The summed E-state index contributed by atoms with van der Waals surface area (Å²) in [6, 6.07) is 0. The molecule has 3 N–H and O–H groups in total. The molecule has 98 heavy (non-hydrogen) atoms. The van der Waals surface area contributed by atoms with Gasteiger partial charge >= 0.3 is 39.5 Å². The lowest BCUT2D eigenvalue weighted by atomic mass is 10.0. The van der Waals surface area contributed by atoms with Gasteiger partial charge in [0.1, 0.15) is 19.3 Å². The number of aliphatic hydroxyl groups excluding tert-OH is 1. The molecular formula is C79H154O17P2. The van der Waals surface area contributed by atoms with Gasteiger partial charge in [0.2, 0.25) is 0 Å². The van der Waals surface area contributed by atoms with Crippen molar-refractivity contribution in [3.05, 3.63) is 0 Å². The molecule has 0 radical (unpaired) electrons. The first-order chi connectivity index (χ1) is 47.5. The number of rotatable bonds is 79. The van der Waals surface area contributed by atoms with Crippen LogP contribution < -0.4 is 0 Å². The second kappa shape index (κ2) is 72.0. The van der Waals surface area contributed by atoms with Gasteiger partial charge in [0.25, 0.3) is 0 Å². The minimum atomic E-state index is -4.96. The van der Waals surface area contributed by atoms with E-state index >= 15 is 0 Å². The Morgan fingerprint density at radius 3 is 0.694 bits per heavy atom. The van der Waals surface area contributed by atoms with Gasteiger partial charge in [-0.1, -0.05) is 369 Å². The number of hydrogen-bond donors (Lipinski definition) is 3. The maximum absolute atomic E-state index is 13.1. The molecule has 0 aliphatic heterocycles. The van der Waals surface area contributed by atoms with Crippen molar-refractivity contribution < 1.29 is 80.2 Å². The van der Waals surface area contributed by atoms with Gasteiger partial charge in [-0.2, -0.15) is 0 Å². The predicted molar refractivity (Wildman–Crippen MR) is 400 cm³/mol. The summed E-state index contributed by atoms with van der Waals surface area (Å²) < 4.78 is 68.5. The first-order valence-corrected chi connectivity index (χ1v) is 44.1. The zero-order valence-electron chi connectivity index (χ0n) is 63.9. The van der Waals surface area contributed by atoms with Crippen LogP contribution in [0.25, 0.3) is 0 Å². The van der Waals surface area contributed by atoms with Gasteiger partial charge in [0.15, 0.2) is 12.2 Å². The van der Waals surface area contributed by atoms with Crippen LogP contribution in [0.2, 0.25) is 0 Å². The molecular weight excluding hydrogens is 1280 g/mol. The Morgan fingerprint density at radius 2 is 0.469 bits per heavy atom. The minimum Gasteiger partial charge on any atom is -0.462 e. The smallest absolute Gasteiger partial charge is 0.462 e. The third-order valence-corrected chi connectivity index (χ3v) is 20.4. The predicted octanol–water partition coefficient (Wildman–Crippen LogP) is 23.6. The van der Waals surface area contributed by atoms with Crippen LogP contribution in [0.3, 0.4) is 0 Å². The van der Waals surface area contributed by atoms with Crippen LogP contribution >= 0.6 is 15.6 Å². The molecule has 0 amide bonds. The highest BCUT2D eigenvalue weighted by atomic mass is 31.2. The van der Waals surface area contributed by atoms with Gasteiger partial charge in [0.05, 0.1) is 26.4 Å². The van der Waals surface area contributed by atoms with Crippen molar-refractivity contribution in [1.82, 2.24) is 0 Å². The van der Waals surface area contributed by atoms with Crippen molar-refractivity contribution >= 4 is 39.5 Å². The number of ether oxygens (including phenoxy) is 4. The number of phosphoric ester groups is 2. The Hall–Kier alpha value is -1.94. The molecule has 19 heteroatoms. The highest BCUT2D eigenvalue weighted by molar-refractivity contribution is 7.47. The zero-order valence-corrected chi connectivity index (χ0v) is 65.7. The van der Waals surface area contributed by atoms with Crippen molar-refractivity contribution in [2.24, 2.45) is 5.92 Å². The number of carbonyl (C=O) groups is 4. The van der Waals surface area contributed by atoms with Crippen LogP contribution in [0.5, 0.6) is 0 Å². The monoisotopic (exact) mass is 1440 g/mol. The fraction of sp³-hybridized carbons (Fsp3) is 0.949. The third kappa shape index (κ3) is 72.4. The van der Waals surface area contributed by atoms with Crippen molar-refractivity contribution in [2.75, 3.05) is 39.6 Å². The summed E-state index contributed by atoms with van der Waals surface area (Å²) in [7, 11) is -9.91. The number of esters is 4. The van der Waals surface area contributed by atoms with Gasteiger partial charge in [-0.3, -0.25) is 37.3 Å². The van der Waals surface area contributed by atoms with E-state index in [2.05, 4.69) is 34.6 Å². The lowest BCUT2D eigenvalue weighted by Crippen LogP contribution is -2.30. The molecule has 0 fully saturated rings. The van der Waals surface area contributed by atoms with E-state index in [-0.39, 0.29) is 25.7 Å². The van der Waals surface area contributed by atoms with E-state index in [0.717, 1.165) is 109 Å². The third-order valence-electron chi connectivity index (χ3n) is 18.5. The second-order valence-corrected chi connectivity index (χ2v) is 31.8. The molecule has 2 unspecified atom stereocenters. The molecule has 0 aliphatic carbocycles. The molecule has 0 bridgehead atoms. The maximum atomic E-state index is 13.1. The molecule has 0 rings (SSSR count). The number of unbranched alkanes of at least 4 members (excludes halogenated alkanes) is 51. The quantitative estimate of drug-likeness (QED) is 0.0222. The average Bonchev–Trinajstić information content (AvgIpc) is 1.07. The van der Waals surface area contributed by atoms with Crippen LogP contribution in [0.15, 0.2) is 0 Å². The Labute approximate surface area is 600 Å². The van der Waals surface area contributed by atoms with Gasteiger partial charge in [-0.05, 0) is 31.6 Å². The van der Waals surface area contributed by atoms with Gasteiger partial charge < -0.3 is 33.8 Å². The highest BCUT2D eigenvalue weighted by Crippen LogP contribution is 2.45. The van der Waals surface area contributed by atoms with E-state index in [1.807, 2.05) is 0 Å². The molecule has 0 aromatic rings. The molecule has 0 heterocycles. The number of phosphoric acid groups is 2. The number of carbonyl (C=O) groups excluding carboxylic acids is 4. The van der Waals surface area contributed by atoms with E-state index in [1.54, 1.807) is 0 Å². The van der Waals surface area contributed by atoms with Crippen molar-refractivity contribution in [1.29, 1.82) is 0 Å². The molecule has 0 saturated heterocycles. The summed E-state index contributed by atoms with van der Waals surface area (Å²) in [4.78, 5) is 72.8. The molecule has 17 nitrogen and oxygen atoms in total. The first-order valence-electron chi connectivity index (χ1n) is 41.1. The second-order valence-electron chi connectivity index (χ2n) is 28.9. The van der Waals surface area contributed by atoms with E-state index in [4.69, 9.17) is 37.0 Å². The molecule has 0 spiro atoms. The summed E-state index contributed by atoms with van der Waals surface area (Å²) >= 11 is 0. The lowest BCUT2D eigenvalue weighted by molar-refractivity contribution is -0.161. The largest absolute Gasteiger partial charge is 0.472 e. The Morgan fingerprint density at radius 1 is 0.276 bits per heavy atom. The molecule has 0 aromatic heterocycles. The standard InChI is InChI=1S/C79H154O17P2/c1-6-9-12-15-18-20-22-24-26-27-28-32-36-39-43-48-53-58-63-77(82)90-69-75(96-79(84)65-60-55-50-45-41-37-33-30-29-31-34-38-42-47-51-56-61-72(4)5)71-94-98(87,88)92-67-73(80)66-91-97(85,86)93-70-74(68-89-76(81)62-57-52-46-17-14-11-8-3)95-78(83)64-59-54-49-44-40-35-25-23-21-19-16-13-10-7-2/h72-75,80H,6-71H2,1-5H3,(H,85,86)(H,87,88)/t73-,74+,75+/m0/s1. The lowest BCUT2D eigenvalue weighted by Gasteiger charge is -2.21.